The molecule has 2 atom stereocenters. The first-order valence-corrected chi connectivity index (χ1v) is 9.36. The third-order valence-electron chi connectivity index (χ3n) is 4.71. The molecule has 6 heteroatoms. The van der Waals surface area contributed by atoms with Gasteiger partial charge in [0, 0.05) is 19.1 Å². The van der Waals surface area contributed by atoms with E-state index in [2.05, 4.69) is 6.92 Å². The lowest BCUT2D eigenvalue weighted by atomic mass is 9.92. The number of hydrogen-bond donors (Lipinski definition) is 1. The van der Waals surface area contributed by atoms with Crippen molar-refractivity contribution in [2.24, 2.45) is 11.7 Å². The molecule has 116 valence electrons. The van der Waals surface area contributed by atoms with Crippen molar-refractivity contribution in [3.05, 3.63) is 0 Å². The van der Waals surface area contributed by atoms with Gasteiger partial charge >= 0.3 is 0 Å². The summed E-state index contributed by atoms with van der Waals surface area (Å²) in [7, 11) is -3.29. The maximum atomic E-state index is 12.3. The Morgan fingerprint density at radius 1 is 1.25 bits per heavy atom. The lowest BCUT2D eigenvalue weighted by Crippen LogP contribution is -2.51. The number of hydrogen-bond acceptors (Lipinski definition) is 4. The molecule has 0 aromatic heterocycles. The fraction of sp³-hybridized carbons (Fsp3) is 0.929. The lowest BCUT2D eigenvalue weighted by Gasteiger charge is -2.38. The van der Waals surface area contributed by atoms with E-state index >= 15 is 0 Å². The Morgan fingerprint density at radius 2 is 1.90 bits per heavy atom. The van der Waals surface area contributed by atoms with E-state index in [1.54, 1.807) is 4.90 Å². The molecule has 1 aliphatic carbocycles. The van der Waals surface area contributed by atoms with Crippen molar-refractivity contribution in [1.82, 2.24) is 4.90 Å². The first kappa shape index (κ1) is 15.8. The summed E-state index contributed by atoms with van der Waals surface area (Å²) in [4.78, 5) is 14.0. The quantitative estimate of drug-likeness (QED) is 0.837. The second kappa shape index (κ2) is 6.43. The van der Waals surface area contributed by atoms with Crippen molar-refractivity contribution in [1.29, 1.82) is 0 Å². The SMILES string of the molecule is CC1CCN(C(=O)CS(=O)(=O)C2CCCC2)C(CN)C1. The Morgan fingerprint density at radius 3 is 2.50 bits per heavy atom. The zero-order valence-corrected chi connectivity index (χ0v) is 13.1. The van der Waals surface area contributed by atoms with Crippen LogP contribution < -0.4 is 5.73 Å². The molecule has 1 aliphatic heterocycles. The zero-order chi connectivity index (χ0) is 14.8. The van der Waals surface area contributed by atoms with Crippen LogP contribution in [-0.2, 0) is 14.6 Å². The molecule has 0 aromatic rings. The highest BCUT2D eigenvalue weighted by Gasteiger charge is 2.35. The second-order valence-electron chi connectivity index (χ2n) is 6.32. The zero-order valence-electron chi connectivity index (χ0n) is 12.3. The van der Waals surface area contributed by atoms with Gasteiger partial charge in [-0.05, 0) is 31.6 Å². The molecule has 2 N–H and O–H groups in total. The van der Waals surface area contributed by atoms with E-state index in [0.717, 1.165) is 25.7 Å². The van der Waals surface area contributed by atoms with Crippen molar-refractivity contribution in [2.75, 3.05) is 18.8 Å². The maximum absolute atomic E-state index is 12.3. The fourth-order valence-electron chi connectivity index (χ4n) is 3.42. The van der Waals surface area contributed by atoms with Crippen LogP contribution in [0.15, 0.2) is 0 Å². The van der Waals surface area contributed by atoms with Gasteiger partial charge in [-0.2, -0.15) is 0 Å². The predicted molar refractivity (Wildman–Crippen MR) is 79.0 cm³/mol. The van der Waals surface area contributed by atoms with Gasteiger partial charge < -0.3 is 10.6 Å². The Bertz CT molecular complexity index is 443. The molecule has 0 bridgehead atoms. The molecule has 2 aliphatic rings. The molecule has 2 fully saturated rings. The van der Waals surface area contributed by atoms with Crippen LogP contribution in [0.25, 0.3) is 0 Å². The van der Waals surface area contributed by atoms with Gasteiger partial charge in [0.1, 0.15) is 5.75 Å². The minimum absolute atomic E-state index is 0.00466. The molecule has 1 heterocycles. The number of nitrogens with zero attached hydrogens (tertiary/aromatic N) is 1. The molecular weight excluding hydrogens is 276 g/mol. The Kier molecular flexibility index (Phi) is 5.07. The van der Waals surface area contributed by atoms with E-state index in [1.165, 1.54) is 0 Å². The number of rotatable bonds is 4. The van der Waals surface area contributed by atoms with Crippen LogP contribution in [0.4, 0.5) is 0 Å². The van der Waals surface area contributed by atoms with Crippen LogP contribution in [0.2, 0.25) is 0 Å². The monoisotopic (exact) mass is 302 g/mol. The molecule has 0 spiro atoms. The van der Waals surface area contributed by atoms with Crippen molar-refractivity contribution in [2.45, 2.75) is 56.7 Å². The minimum atomic E-state index is -3.29. The van der Waals surface area contributed by atoms with Crippen LogP contribution in [0, 0.1) is 5.92 Å². The van der Waals surface area contributed by atoms with Crippen molar-refractivity contribution >= 4 is 15.7 Å². The summed E-state index contributed by atoms with van der Waals surface area (Å²) in [5, 5.41) is -0.300. The predicted octanol–water partition coefficient (Wildman–Crippen LogP) is 0.930. The molecule has 0 aromatic carbocycles. The van der Waals surface area contributed by atoms with Crippen LogP contribution in [0.1, 0.15) is 45.4 Å². The maximum Gasteiger partial charge on any atom is 0.238 e. The Hall–Kier alpha value is -0.620. The molecule has 5 nitrogen and oxygen atoms in total. The number of nitrogens with two attached hydrogens (primary N) is 1. The van der Waals surface area contributed by atoms with E-state index in [9.17, 15) is 13.2 Å². The van der Waals surface area contributed by atoms with E-state index in [4.69, 9.17) is 5.73 Å². The molecular formula is C14H26N2O3S. The van der Waals surface area contributed by atoms with Gasteiger partial charge in [-0.1, -0.05) is 19.8 Å². The number of carbonyl (C=O) groups is 1. The van der Waals surface area contributed by atoms with Gasteiger partial charge in [0.05, 0.1) is 5.25 Å². The first-order chi connectivity index (χ1) is 9.44. The second-order valence-corrected chi connectivity index (χ2v) is 8.60. The van der Waals surface area contributed by atoms with Crippen LogP contribution >= 0.6 is 0 Å². The summed E-state index contributed by atoms with van der Waals surface area (Å²) in [5.41, 5.74) is 5.74. The highest BCUT2D eigenvalue weighted by atomic mass is 32.2. The molecule has 1 saturated carbocycles. The average molecular weight is 302 g/mol. The van der Waals surface area contributed by atoms with Crippen molar-refractivity contribution < 1.29 is 13.2 Å². The van der Waals surface area contributed by atoms with Crippen LogP contribution in [-0.4, -0.2) is 49.4 Å². The number of piperidine rings is 1. The standard InChI is InChI=1S/C14H26N2O3S/c1-11-6-7-16(12(8-11)9-15)14(17)10-20(18,19)13-4-2-3-5-13/h11-13H,2-10,15H2,1H3. The first-order valence-electron chi connectivity index (χ1n) is 7.65. The van der Waals surface area contributed by atoms with Gasteiger partial charge in [0.25, 0.3) is 0 Å². The van der Waals surface area contributed by atoms with E-state index in [1.807, 2.05) is 0 Å². The van der Waals surface area contributed by atoms with E-state index in [-0.39, 0.29) is 23.0 Å². The highest BCUT2D eigenvalue weighted by molar-refractivity contribution is 7.92. The molecule has 20 heavy (non-hydrogen) atoms. The Labute approximate surface area is 121 Å². The molecule has 1 amide bonds. The van der Waals surface area contributed by atoms with Gasteiger partial charge in [0.15, 0.2) is 9.84 Å². The minimum Gasteiger partial charge on any atom is -0.338 e. The van der Waals surface area contributed by atoms with Gasteiger partial charge in [-0.15, -0.1) is 0 Å². The van der Waals surface area contributed by atoms with E-state index < -0.39 is 9.84 Å². The molecule has 1 saturated heterocycles. The largest absolute Gasteiger partial charge is 0.338 e. The van der Waals surface area contributed by atoms with Crippen LogP contribution in [0.5, 0.6) is 0 Å². The molecule has 2 rings (SSSR count). The summed E-state index contributed by atoms with van der Waals surface area (Å²) in [5.74, 6) is -0.0268. The average Bonchev–Trinajstić information content (AvgIpc) is 2.92. The van der Waals surface area contributed by atoms with Crippen molar-refractivity contribution in [3.8, 4) is 0 Å². The Balaban J connectivity index is 2.00. The molecule has 2 unspecified atom stereocenters. The van der Waals surface area contributed by atoms with Gasteiger partial charge in [0.2, 0.25) is 5.91 Å². The number of carbonyl (C=O) groups excluding carboxylic acids is 1. The smallest absolute Gasteiger partial charge is 0.238 e. The van der Waals surface area contributed by atoms with E-state index in [0.29, 0.717) is 31.8 Å². The third-order valence-corrected chi connectivity index (χ3v) is 6.84. The van der Waals surface area contributed by atoms with Gasteiger partial charge in [-0.3, -0.25) is 4.79 Å². The van der Waals surface area contributed by atoms with Crippen LogP contribution in [0.3, 0.4) is 0 Å². The normalized spacial score (nSPS) is 28.8. The highest BCUT2D eigenvalue weighted by Crippen LogP contribution is 2.27. The van der Waals surface area contributed by atoms with Gasteiger partial charge in [-0.25, -0.2) is 8.42 Å². The summed E-state index contributed by atoms with van der Waals surface area (Å²) in [6, 6.07) is 0.00466. The lowest BCUT2D eigenvalue weighted by molar-refractivity contribution is -0.132. The molecule has 0 radical (unpaired) electrons. The van der Waals surface area contributed by atoms with Crippen molar-refractivity contribution in [3.63, 3.8) is 0 Å². The number of likely N-dealkylation sites (tertiary alicyclic amines) is 1. The number of sulfone groups is 1. The summed E-state index contributed by atoms with van der Waals surface area (Å²) in [6.45, 7) is 3.21. The summed E-state index contributed by atoms with van der Waals surface area (Å²) >= 11 is 0. The fourth-order valence-corrected chi connectivity index (χ4v) is 5.22. The summed E-state index contributed by atoms with van der Waals surface area (Å²) < 4.78 is 24.5. The summed E-state index contributed by atoms with van der Waals surface area (Å²) in [6.07, 6.45) is 5.17. The third kappa shape index (κ3) is 3.52. The number of amides is 1. The topological polar surface area (TPSA) is 80.5 Å².